The van der Waals surface area contributed by atoms with Crippen LogP contribution in [0, 0.1) is 17.3 Å². The Kier molecular flexibility index (Phi) is 10.0. The lowest BCUT2D eigenvalue weighted by Gasteiger charge is -2.25. The highest BCUT2D eigenvalue weighted by Crippen LogP contribution is 2.82. The molecule has 8 aliphatic rings. The van der Waals surface area contributed by atoms with Crippen LogP contribution in [0.2, 0.25) is 0 Å². The first-order chi connectivity index (χ1) is 32.6. The summed E-state index contributed by atoms with van der Waals surface area (Å²) in [6.07, 6.45) is 44.5. The maximum atomic E-state index is 6.57. The molecule has 4 nitrogen and oxygen atoms in total. The minimum absolute atomic E-state index is 0.0382. The molecule has 4 atom stereocenters. The van der Waals surface area contributed by atoms with Crippen molar-refractivity contribution < 1.29 is 4.74 Å². The number of hydrogen-bond acceptors (Lipinski definition) is 4. The number of para-hydroxylation sites is 3. The molecule has 66 heavy (non-hydrogen) atoms. The average molecular weight is 876 g/mol. The summed E-state index contributed by atoms with van der Waals surface area (Å²) in [6, 6.07) is 28.6. The second-order valence-electron chi connectivity index (χ2n) is 18.3. The van der Waals surface area contributed by atoms with Crippen molar-refractivity contribution in [1.29, 1.82) is 0 Å². The van der Waals surface area contributed by atoms with Gasteiger partial charge in [0.1, 0.15) is 11.5 Å². The number of thioether (sulfide) groups is 1. The van der Waals surface area contributed by atoms with Crippen molar-refractivity contribution in [3.05, 3.63) is 238 Å². The Morgan fingerprint density at radius 3 is 2.56 bits per heavy atom. The quantitative estimate of drug-likeness (QED) is 0.152. The van der Waals surface area contributed by atoms with Gasteiger partial charge in [-0.1, -0.05) is 130 Å². The van der Waals surface area contributed by atoms with Gasteiger partial charge in [0.15, 0.2) is 0 Å². The van der Waals surface area contributed by atoms with E-state index in [-0.39, 0.29) is 16.1 Å². The molecule has 4 unspecified atom stereocenters. The molecule has 0 bridgehead atoms. The molecule has 0 radical (unpaired) electrons. The highest BCUT2D eigenvalue weighted by molar-refractivity contribution is 8.05. The van der Waals surface area contributed by atoms with E-state index in [1.165, 1.54) is 61.9 Å². The van der Waals surface area contributed by atoms with Crippen LogP contribution in [0.15, 0.2) is 227 Å². The predicted molar refractivity (Wildman–Crippen MR) is 277 cm³/mol. The molecule has 5 aromatic rings. The summed E-state index contributed by atoms with van der Waals surface area (Å²) in [7, 11) is 0. The molecule has 5 heterocycles. The summed E-state index contributed by atoms with van der Waals surface area (Å²) in [5, 5.41) is 2.53. The number of allylic oxidation sites excluding steroid dienone is 19. The van der Waals surface area contributed by atoms with Crippen LogP contribution in [0.3, 0.4) is 0 Å². The van der Waals surface area contributed by atoms with Crippen LogP contribution in [0.25, 0.3) is 33.1 Å². The molecule has 13 rings (SSSR count). The second kappa shape index (κ2) is 16.3. The summed E-state index contributed by atoms with van der Waals surface area (Å²) >= 11 is 2.12. The third-order valence-corrected chi connectivity index (χ3v) is 16.5. The zero-order valence-electron chi connectivity index (χ0n) is 37.9. The number of fused-ring (bicyclic) bond motifs is 6. The van der Waals surface area contributed by atoms with E-state index in [1.54, 1.807) is 10.5 Å². The third kappa shape index (κ3) is 6.39. The number of anilines is 2. The minimum atomic E-state index is 0.0382. The number of ether oxygens (including phenoxy) is 1. The van der Waals surface area contributed by atoms with Gasteiger partial charge in [0.2, 0.25) is 0 Å². The Balaban J connectivity index is 0.00000225. The fraction of sp³-hybridized carbons (Fsp3) is 0.213. The largest absolute Gasteiger partial charge is 0.460 e. The third-order valence-electron chi connectivity index (χ3n) is 14.8. The molecule has 5 heteroatoms. The zero-order chi connectivity index (χ0) is 44.4. The molecule has 3 aliphatic heterocycles. The van der Waals surface area contributed by atoms with Crippen LogP contribution in [-0.4, -0.2) is 14.3 Å². The van der Waals surface area contributed by atoms with E-state index < -0.39 is 0 Å². The summed E-state index contributed by atoms with van der Waals surface area (Å²) in [5.41, 5.74) is 19.1. The van der Waals surface area contributed by atoms with Gasteiger partial charge in [-0.05, 0) is 131 Å². The van der Waals surface area contributed by atoms with Crippen LogP contribution in [-0.2, 0) is 11.2 Å². The van der Waals surface area contributed by atoms with Gasteiger partial charge in [0, 0.05) is 51.5 Å². The van der Waals surface area contributed by atoms with E-state index in [1.807, 2.05) is 13.8 Å². The Hall–Kier alpha value is -6.78. The minimum Gasteiger partial charge on any atom is -0.460 e. The van der Waals surface area contributed by atoms with E-state index in [9.17, 15) is 0 Å². The molecule has 2 aromatic heterocycles. The Labute approximate surface area is 392 Å². The normalized spacial score (nSPS) is 25.0. The Morgan fingerprint density at radius 1 is 0.879 bits per heavy atom. The highest BCUT2D eigenvalue weighted by Gasteiger charge is 2.74. The lowest BCUT2D eigenvalue weighted by atomic mass is 9.86. The maximum Gasteiger partial charge on any atom is 0.131 e. The standard InChI is InChI=1S/C59H47N3OS.C2H6/c1-39(40-25-29-48-49-30-27-43(28-32-56(49)63-55(48)31-26-40)62-53-22-9-6-17-46(53)47-18-7-10-23-54(47)62)14-13-16-44-34-41-15-5-8-21-52(41)61(44)45-35-42(36-60-37-45)50-19-11-12-33-58-38-59(50,58)64-57-24-4-2-3-20-51(57)58;1-2/h2-12,15-23,26-32,35-37,39,49H,13-14,24,33-34,38H2,1H3;1-2H3/b44-16+;. The summed E-state index contributed by atoms with van der Waals surface area (Å²) in [6.45, 7) is 6.33. The van der Waals surface area contributed by atoms with Crippen LogP contribution in [0.4, 0.5) is 11.4 Å². The molecule has 3 aromatic carbocycles. The molecular formula is C61H53N3OS. The molecule has 5 aliphatic carbocycles. The SMILES string of the molecule is CC.CC(CC/C=C1\Cc2ccccc2N1c1cncc(C2=CC=CCC34CC23SC2=C4C=CC=CC2)c1)C1=C=CC2=C(C=C1)OC1=CC=C(n3c4ccccc4c4ccccc43)C=CC12. The first-order valence-electron chi connectivity index (χ1n) is 23.9. The summed E-state index contributed by atoms with van der Waals surface area (Å²) < 4.78 is 9.01. The Bertz CT molecular complexity index is 3250. The summed E-state index contributed by atoms with van der Waals surface area (Å²) in [5.74, 6) is 2.22. The van der Waals surface area contributed by atoms with E-state index in [0.717, 1.165) is 60.6 Å². The van der Waals surface area contributed by atoms with Crippen molar-refractivity contribution in [2.24, 2.45) is 17.3 Å². The first kappa shape index (κ1) is 40.7. The smallest absolute Gasteiger partial charge is 0.131 e. The predicted octanol–water partition coefficient (Wildman–Crippen LogP) is 15.7. The van der Waals surface area contributed by atoms with Crippen molar-refractivity contribution in [3.63, 3.8) is 0 Å². The van der Waals surface area contributed by atoms with Crippen molar-refractivity contribution >= 4 is 56.2 Å². The van der Waals surface area contributed by atoms with Gasteiger partial charge in [-0.3, -0.25) is 4.98 Å². The van der Waals surface area contributed by atoms with Crippen LogP contribution < -0.4 is 4.90 Å². The van der Waals surface area contributed by atoms with Crippen molar-refractivity contribution in [2.45, 2.75) is 64.0 Å². The van der Waals surface area contributed by atoms with Crippen molar-refractivity contribution in [1.82, 2.24) is 9.55 Å². The van der Waals surface area contributed by atoms with Crippen LogP contribution >= 0.6 is 11.8 Å². The van der Waals surface area contributed by atoms with Crippen LogP contribution in [0.1, 0.15) is 64.0 Å². The van der Waals surface area contributed by atoms with Gasteiger partial charge < -0.3 is 14.2 Å². The number of nitrogens with zero attached hydrogens (tertiary/aromatic N) is 3. The molecular weight excluding hydrogens is 823 g/mol. The molecule has 0 saturated heterocycles. The van der Waals surface area contributed by atoms with Gasteiger partial charge in [-0.15, -0.1) is 17.5 Å². The molecule has 324 valence electrons. The first-order valence-corrected chi connectivity index (χ1v) is 24.7. The van der Waals surface area contributed by atoms with Crippen LogP contribution in [0.5, 0.6) is 0 Å². The number of benzene rings is 3. The molecule has 0 N–H and O–H groups in total. The summed E-state index contributed by atoms with van der Waals surface area (Å²) in [4.78, 5) is 8.96. The number of hydrogen-bond donors (Lipinski definition) is 0. The lowest BCUT2D eigenvalue weighted by molar-refractivity contribution is 0.327. The fourth-order valence-corrected chi connectivity index (χ4v) is 13.6. The van der Waals surface area contributed by atoms with Crippen molar-refractivity contribution in [3.8, 4) is 0 Å². The molecule has 1 fully saturated rings. The zero-order valence-corrected chi connectivity index (χ0v) is 38.7. The lowest BCUT2D eigenvalue weighted by Crippen LogP contribution is -2.16. The number of pyridine rings is 1. The van der Waals surface area contributed by atoms with Gasteiger partial charge in [-0.2, -0.15) is 0 Å². The highest BCUT2D eigenvalue weighted by atomic mass is 32.2. The van der Waals surface area contributed by atoms with Gasteiger partial charge in [0.05, 0.1) is 33.6 Å². The topological polar surface area (TPSA) is 30.3 Å². The van der Waals surface area contributed by atoms with E-state index in [2.05, 4.69) is 216 Å². The number of rotatable bonds is 7. The second-order valence-corrected chi connectivity index (χ2v) is 19.7. The van der Waals surface area contributed by atoms with Gasteiger partial charge >= 0.3 is 0 Å². The molecule has 0 spiro atoms. The number of aromatic nitrogens is 2. The average Bonchev–Trinajstić information content (AvgIpc) is 3.72. The molecule has 0 amide bonds. The van der Waals surface area contributed by atoms with E-state index in [4.69, 9.17) is 9.72 Å². The monoisotopic (exact) mass is 875 g/mol. The van der Waals surface area contributed by atoms with Crippen molar-refractivity contribution in [2.75, 3.05) is 4.90 Å². The maximum absolute atomic E-state index is 6.57. The van der Waals surface area contributed by atoms with E-state index in [0.29, 0.717) is 5.92 Å². The van der Waals surface area contributed by atoms with Gasteiger partial charge in [-0.25, -0.2) is 0 Å². The fourth-order valence-electron chi connectivity index (χ4n) is 11.6. The Morgan fingerprint density at radius 2 is 1.70 bits per heavy atom. The van der Waals surface area contributed by atoms with Gasteiger partial charge in [0.25, 0.3) is 0 Å². The molecule has 1 saturated carbocycles. The van der Waals surface area contributed by atoms with E-state index >= 15 is 0 Å².